The summed E-state index contributed by atoms with van der Waals surface area (Å²) < 4.78 is 10.5. The van der Waals surface area contributed by atoms with E-state index in [0.717, 1.165) is 44.9 Å². The fourth-order valence-electron chi connectivity index (χ4n) is 4.72. The SMILES string of the molecule is CCCCCCC/C=C/CCCCCCCC(=O)OC[C@H](CO)OC(=O)CCCCCCCCCCCCC. The van der Waals surface area contributed by atoms with Crippen LogP contribution in [0.5, 0.6) is 0 Å². The Balaban J connectivity index is 3.58. The van der Waals surface area contributed by atoms with E-state index in [-0.39, 0.29) is 25.2 Å². The number of carbonyl (C=O) groups excluding carboxylic acids is 2. The number of hydrogen-bond donors (Lipinski definition) is 1. The highest BCUT2D eigenvalue weighted by atomic mass is 16.6. The van der Waals surface area contributed by atoms with Gasteiger partial charge in [0.05, 0.1) is 6.61 Å². The highest BCUT2D eigenvalue weighted by Crippen LogP contribution is 2.13. The predicted octanol–water partition coefficient (Wildman–Crippen LogP) is 9.78. The van der Waals surface area contributed by atoms with Gasteiger partial charge >= 0.3 is 11.9 Å². The van der Waals surface area contributed by atoms with Crippen LogP contribution in [-0.2, 0) is 19.1 Å². The molecule has 0 aliphatic heterocycles. The average molecular weight is 553 g/mol. The molecule has 0 aromatic heterocycles. The van der Waals surface area contributed by atoms with Crippen LogP contribution in [0.2, 0.25) is 0 Å². The zero-order valence-electron chi connectivity index (χ0n) is 25.9. The van der Waals surface area contributed by atoms with E-state index in [2.05, 4.69) is 26.0 Å². The lowest BCUT2D eigenvalue weighted by Crippen LogP contribution is -2.28. The summed E-state index contributed by atoms with van der Waals surface area (Å²) in [5.41, 5.74) is 0. The standard InChI is InChI=1S/C34H64O5/c1-3-5-7-9-11-13-15-16-17-19-20-22-24-26-28-33(36)38-31-32(30-35)39-34(37)29-27-25-23-21-18-14-12-10-8-6-4-2/h15-16,32,35H,3-14,17-31H2,1-2H3/b16-15+/t32-/m0/s1. The van der Waals surface area contributed by atoms with Gasteiger partial charge in [0.25, 0.3) is 0 Å². The molecule has 39 heavy (non-hydrogen) atoms. The minimum Gasteiger partial charge on any atom is -0.462 e. The van der Waals surface area contributed by atoms with Crippen molar-refractivity contribution in [1.29, 1.82) is 0 Å². The van der Waals surface area contributed by atoms with Crippen LogP contribution in [0.4, 0.5) is 0 Å². The molecule has 0 fully saturated rings. The van der Waals surface area contributed by atoms with Crippen LogP contribution in [0.15, 0.2) is 12.2 Å². The van der Waals surface area contributed by atoms with Gasteiger partial charge < -0.3 is 14.6 Å². The number of aliphatic hydroxyl groups excluding tert-OH is 1. The summed E-state index contributed by atoms with van der Waals surface area (Å²) in [7, 11) is 0. The first kappa shape index (κ1) is 37.6. The Hall–Kier alpha value is -1.36. The largest absolute Gasteiger partial charge is 0.462 e. The van der Waals surface area contributed by atoms with Gasteiger partial charge in [0.15, 0.2) is 6.10 Å². The lowest BCUT2D eigenvalue weighted by Gasteiger charge is -2.15. The Kier molecular flexibility index (Phi) is 30.1. The molecule has 0 spiro atoms. The summed E-state index contributed by atoms with van der Waals surface area (Å²) in [6.07, 6.45) is 32.6. The van der Waals surface area contributed by atoms with E-state index in [4.69, 9.17) is 9.47 Å². The predicted molar refractivity (Wildman–Crippen MR) is 164 cm³/mol. The molecule has 5 nitrogen and oxygen atoms in total. The fraction of sp³-hybridized carbons (Fsp3) is 0.882. The smallest absolute Gasteiger partial charge is 0.306 e. The van der Waals surface area contributed by atoms with Gasteiger partial charge in [-0.3, -0.25) is 9.59 Å². The second-order valence-corrected chi connectivity index (χ2v) is 11.2. The molecule has 0 bridgehead atoms. The van der Waals surface area contributed by atoms with Crippen molar-refractivity contribution in [2.24, 2.45) is 0 Å². The lowest BCUT2D eigenvalue weighted by molar-refractivity contribution is -0.161. The molecular weight excluding hydrogens is 488 g/mol. The van der Waals surface area contributed by atoms with Crippen molar-refractivity contribution in [2.75, 3.05) is 13.2 Å². The molecule has 0 aromatic carbocycles. The molecule has 0 unspecified atom stereocenters. The normalized spacial score (nSPS) is 12.2. The third-order valence-electron chi connectivity index (χ3n) is 7.31. The zero-order chi connectivity index (χ0) is 28.7. The number of carbonyl (C=O) groups is 2. The van der Waals surface area contributed by atoms with Crippen molar-refractivity contribution < 1.29 is 24.2 Å². The van der Waals surface area contributed by atoms with Crippen LogP contribution < -0.4 is 0 Å². The van der Waals surface area contributed by atoms with Crippen molar-refractivity contribution in [2.45, 2.75) is 180 Å². The number of esters is 2. The summed E-state index contributed by atoms with van der Waals surface area (Å²) in [5.74, 6) is -0.598. The van der Waals surface area contributed by atoms with Crippen molar-refractivity contribution in [3.8, 4) is 0 Å². The Morgan fingerprint density at radius 2 is 0.949 bits per heavy atom. The number of rotatable bonds is 30. The molecule has 0 saturated carbocycles. The molecule has 0 heterocycles. The van der Waals surface area contributed by atoms with Gasteiger partial charge in [-0.15, -0.1) is 0 Å². The van der Waals surface area contributed by atoms with Crippen molar-refractivity contribution in [3.63, 3.8) is 0 Å². The van der Waals surface area contributed by atoms with E-state index in [0.29, 0.717) is 12.8 Å². The second kappa shape index (κ2) is 31.2. The van der Waals surface area contributed by atoms with Crippen LogP contribution >= 0.6 is 0 Å². The molecule has 5 heteroatoms. The molecule has 0 aliphatic rings. The Morgan fingerprint density at radius 1 is 0.564 bits per heavy atom. The molecular formula is C34H64O5. The third kappa shape index (κ3) is 29.4. The maximum atomic E-state index is 12.1. The van der Waals surface area contributed by atoms with E-state index in [1.165, 1.54) is 103 Å². The van der Waals surface area contributed by atoms with Gasteiger partial charge in [-0.2, -0.15) is 0 Å². The van der Waals surface area contributed by atoms with E-state index in [9.17, 15) is 14.7 Å². The van der Waals surface area contributed by atoms with Crippen molar-refractivity contribution >= 4 is 11.9 Å². The van der Waals surface area contributed by atoms with Crippen molar-refractivity contribution in [3.05, 3.63) is 12.2 Å². The zero-order valence-corrected chi connectivity index (χ0v) is 25.9. The lowest BCUT2D eigenvalue weighted by atomic mass is 10.1. The monoisotopic (exact) mass is 552 g/mol. The van der Waals surface area contributed by atoms with Gasteiger partial charge in [0, 0.05) is 12.8 Å². The Bertz CT molecular complexity index is 560. The number of aliphatic hydroxyl groups is 1. The van der Waals surface area contributed by atoms with E-state index in [1.54, 1.807) is 0 Å². The molecule has 1 N–H and O–H groups in total. The molecule has 0 rings (SSSR count). The molecule has 0 saturated heterocycles. The Morgan fingerprint density at radius 3 is 1.38 bits per heavy atom. The maximum Gasteiger partial charge on any atom is 0.306 e. The molecule has 0 aliphatic carbocycles. The third-order valence-corrected chi connectivity index (χ3v) is 7.31. The van der Waals surface area contributed by atoms with Gasteiger partial charge in [-0.05, 0) is 38.5 Å². The second-order valence-electron chi connectivity index (χ2n) is 11.2. The van der Waals surface area contributed by atoms with Crippen LogP contribution in [0.25, 0.3) is 0 Å². The molecule has 1 atom stereocenters. The highest BCUT2D eigenvalue weighted by molar-refractivity contribution is 5.70. The Labute approximate surface area is 241 Å². The highest BCUT2D eigenvalue weighted by Gasteiger charge is 2.16. The van der Waals surface area contributed by atoms with Gasteiger partial charge in [-0.1, -0.05) is 135 Å². The number of unbranched alkanes of at least 4 members (excludes halogenated alkanes) is 20. The topological polar surface area (TPSA) is 72.8 Å². The van der Waals surface area contributed by atoms with Gasteiger partial charge in [-0.25, -0.2) is 0 Å². The molecule has 0 radical (unpaired) electrons. The summed E-state index contributed by atoms with van der Waals surface area (Å²) in [6, 6.07) is 0. The van der Waals surface area contributed by atoms with E-state index < -0.39 is 6.10 Å². The molecule has 0 aromatic rings. The number of ether oxygens (including phenoxy) is 2. The van der Waals surface area contributed by atoms with Crippen molar-refractivity contribution in [1.82, 2.24) is 0 Å². The van der Waals surface area contributed by atoms with E-state index >= 15 is 0 Å². The first-order chi connectivity index (χ1) is 19.1. The maximum absolute atomic E-state index is 12.1. The number of hydrogen-bond acceptors (Lipinski definition) is 5. The minimum atomic E-state index is -0.765. The van der Waals surface area contributed by atoms with Gasteiger partial charge in [0.1, 0.15) is 6.61 Å². The summed E-state index contributed by atoms with van der Waals surface area (Å²) in [6.45, 7) is 4.10. The summed E-state index contributed by atoms with van der Waals surface area (Å²) in [5, 5.41) is 9.48. The van der Waals surface area contributed by atoms with Crippen LogP contribution in [0.1, 0.15) is 174 Å². The molecule has 0 amide bonds. The minimum absolute atomic E-state index is 0.0652. The van der Waals surface area contributed by atoms with Crippen LogP contribution in [0.3, 0.4) is 0 Å². The van der Waals surface area contributed by atoms with Crippen LogP contribution in [0, 0.1) is 0 Å². The summed E-state index contributed by atoms with van der Waals surface area (Å²) >= 11 is 0. The van der Waals surface area contributed by atoms with Crippen LogP contribution in [-0.4, -0.2) is 36.4 Å². The average Bonchev–Trinajstić information content (AvgIpc) is 2.94. The quantitative estimate of drug-likeness (QED) is 0.0545. The number of allylic oxidation sites excluding steroid dienone is 2. The fourth-order valence-corrected chi connectivity index (χ4v) is 4.72. The summed E-state index contributed by atoms with van der Waals surface area (Å²) in [4.78, 5) is 24.1. The van der Waals surface area contributed by atoms with Gasteiger partial charge in [0.2, 0.25) is 0 Å². The first-order valence-corrected chi connectivity index (χ1v) is 16.7. The van der Waals surface area contributed by atoms with E-state index in [1.807, 2.05) is 0 Å². The first-order valence-electron chi connectivity index (χ1n) is 16.7. The molecule has 230 valence electrons.